The molecule has 0 radical (unpaired) electrons. The summed E-state index contributed by atoms with van der Waals surface area (Å²) in [6.07, 6.45) is 0.958. The van der Waals surface area contributed by atoms with Crippen molar-refractivity contribution in [1.82, 2.24) is 10.2 Å². The number of likely N-dealkylation sites (N-methyl/N-ethyl adjacent to an activating group) is 1. The van der Waals surface area contributed by atoms with Crippen LogP contribution in [0.15, 0.2) is 29.2 Å². The third kappa shape index (κ3) is 6.04. The van der Waals surface area contributed by atoms with Crippen molar-refractivity contribution in [2.75, 3.05) is 31.6 Å². The van der Waals surface area contributed by atoms with E-state index in [0.29, 0.717) is 11.8 Å². The smallest absolute Gasteiger partial charge is 0.241 e. The highest BCUT2D eigenvalue weighted by Crippen LogP contribution is 2.37. The van der Waals surface area contributed by atoms with Gasteiger partial charge >= 0.3 is 0 Å². The maximum atomic E-state index is 12.8. The van der Waals surface area contributed by atoms with Gasteiger partial charge < -0.3 is 10.2 Å². The van der Waals surface area contributed by atoms with Gasteiger partial charge in [0.2, 0.25) is 11.8 Å². The Morgan fingerprint density at radius 1 is 1.28 bits per heavy atom. The summed E-state index contributed by atoms with van der Waals surface area (Å²) in [5.41, 5.74) is 0.716. The quantitative estimate of drug-likeness (QED) is 0.894. The molecule has 0 aliphatic carbocycles. The molecule has 1 heterocycles. The van der Waals surface area contributed by atoms with Crippen LogP contribution in [0.1, 0.15) is 34.1 Å². The summed E-state index contributed by atoms with van der Waals surface area (Å²) >= 11 is 1.82. The highest BCUT2D eigenvalue weighted by Gasteiger charge is 2.25. The fourth-order valence-corrected chi connectivity index (χ4v) is 3.93. The molecule has 1 N–H and O–H groups in total. The molecule has 25 heavy (non-hydrogen) atoms. The van der Waals surface area contributed by atoms with Crippen molar-refractivity contribution in [2.45, 2.75) is 49.8 Å². The van der Waals surface area contributed by atoms with E-state index in [-0.39, 0.29) is 30.4 Å². The zero-order chi connectivity index (χ0) is 18.6. The molecule has 2 amide bonds. The van der Waals surface area contributed by atoms with E-state index in [4.69, 9.17) is 0 Å². The molecule has 2 rings (SSSR count). The lowest BCUT2D eigenvalue weighted by Crippen LogP contribution is -2.47. The summed E-state index contributed by atoms with van der Waals surface area (Å²) < 4.78 is 0. The molecule has 1 aliphatic heterocycles. The second-order valence-electron chi connectivity index (χ2n) is 7.70. The molecule has 138 valence electrons. The van der Waals surface area contributed by atoms with E-state index in [1.807, 2.05) is 55.6 Å². The van der Waals surface area contributed by atoms with Crippen LogP contribution in [0.4, 0.5) is 5.69 Å². The number of hydrogen-bond acceptors (Lipinski definition) is 4. The minimum Gasteiger partial charge on any atom is -0.350 e. The molecule has 0 saturated carbocycles. The van der Waals surface area contributed by atoms with Gasteiger partial charge in [0, 0.05) is 22.2 Å². The number of nitrogens with one attached hydrogen (secondary N) is 1. The Bertz CT molecular complexity index is 627. The van der Waals surface area contributed by atoms with Crippen LogP contribution < -0.4 is 10.2 Å². The van der Waals surface area contributed by atoms with Gasteiger partial charge in [0.25, 0.3) is 0 Å². The average molecular weight is 364 g/mol. The van der Waals surface area contributed by atoms with Crippen molar-refractivity contribution < 1.29 is 9.59 Å². The minimum absolute atomic E-state index is 0.0354. The molecule has 1 aromatic carbocycles. The number of rotatable bonds is 4. The van der Waals surface area contributed by atoms with Crippen molar-refractivity contribution in [2.24, 2.45) is 0 Å². The monoisotopic (exact) mass is 363 g/mol. The summed E-state index contributed by atoms with van der Waals surface area (Å²) in [6, 6.07) is 8.05. The Kier molecular flexibility index (Phi) is 6.52. The van der Waals surface area contributed by atoms with Crippen LogP contribution in [0.5, 0.6) is 0 Å². The van der Waals surface area contributed by atoms with Crippen molar-refractivity contribution in [3.05, 3.63) is 24.3 Å². The van der Waals surface area contributed by atoms with Gasteiger partial charge in [-0.15, -0.1) is 11.8 Å². The van der Waals surface area contributed by atoms with Gasteiger partial charge in [-0.2, -0.15) is 0 Å². The van der Waals surface area contributed by atoms with Crippen LogP contribution in [-0.4, -0.2) is 54.2 Å². The van der Waals surface area contributed by atoms with E-state index >= 15 is 0 Å². The third-order valence-electron chi connectivity index (χ3n) is 3.88. The van der Waals surface area contributed by atoms with E-state index < -0.39 is 0 Å². The molecule has 0 bridgehead atoms. The molecule has 0 saturated heterocycles. The Labute approximate surface area is 155 Å². The van der Waals surface area contributed by atoms with Gasteiger partial charge in [0.05, 0.1) is 18.8 Å². The number of carbonyl (C=O) groups is 2. The molecule has 1 unspecified atom stereocenters. The summed E-state index contributed by atoms with van der Waals surface area (Å²) in [5.74, 6) is -0.0311. The van der Waals surface area contributed by atoms with Crippen molar-refractivity contribution >= 4 is 29.3 Å². The number of amides is 2. The molecule has 0 aromatic heterocycles. The van der Waals surface area contributed by atoms with Gasteiger partial charge in [-0.3, -0.25) is 14.5 Å². The Morgan fingerprint density at radius 3 is 2.64 bits per heavy atom. The first-order valence-corrected chi connectivity index (χ1v) is 9.59. The summed E-state index contributed by atoms with van der Waals surface area (Å²) in [4.78, 5) is 29.7. The zero-order valence-electron chi connectivity index (χ0n) is 15.8. The van der Waals surface area contributed by atoms with Crippen LogP contribution >= 0.6 is 11.8 Å². The van der Waals surface area contributed by atoms with Crippen LogP contribution in [0, 0.1) is 0 Å². The van der Waals surface area contributed by atoms with Gasteiger partial charge in [-0.25, -0.2) is 0 Å². The number of anilines is 1. The van der Waals surface area contributed by atoms with Crippen LogP contribution in [0.3, 0.4) is 0 Å². The largest absolute Gasteiger partial charge is 0.350 e. The van der Waals surface area contributed by atoms with Crippen molar-refractivity contribution in [1.29, 1.82) is 0 Å². The number of nitrogens with zero attached hydrogens (tertiary/aromatic N) is 2. The molecule has 6 heteroatoms. The molecule has 0 spiro atoms. The minimum atomic E-state index is -0.265. The lowest BCUT2D eigenvalue weighted by Gasteiger charge is -2.26. The zero-order valence-corrected chi connectivity index (χ0v) is 16.7. The standard InChI is InChI=1S/C19H29N3O2S/c1-14-10-11-22(15-8-6-7-9-16(15)25-14)18(24)13-21(5)12-17(23)20-19(2,3)4/h6-9,14H,10-13H2,1-5H3,(H,20,23). The first kappa shape index (κ1) is 19.8. The number of thioether (sulfide) groups is 1. The first-order valence-electron chi connectivity index (χ1n) is 8.71. The number of para-hydroxylation sites is 1. The van der Waals surface area contributed by atoms with Crippen molar-refractivity contribution in [3.63, 3.8) is 0 Å². The van der Waals surface area contributed by atoms with Gasteiger partial charge in [0.15, 0.2) is 0 Å². The summed E-state index contributed by atoms with van der Waals surface area (Å²) in [6.45, 7) is 9.19. The Hall–Kier alpha value is -1.53. The Balaban J connectivity index is 2.01. The highest BCUT2D eigenvalue weighted by atomic mass is 32.2. The second kappa shape index (κ2) is 8.23. The Morgan fingerprint density at radius 2 is 1.96 bits per heavy atom. The van der Waals surface area contributed by atoms with Crippen molar-refractivity contribution in [3.8, 4) is 0 Å². The maximum absolute atomic E-state index is 12.8. The van der Waals surface area contributed by atoms with Crippen LogP contribution in [0.25, 0.3) is 0 Å². The molecule has 5 nitrogen and oxygen atoms in total. The van der Waals surface area contributed by atoms with Crippen LogP contribution in [-0.2, 0) is 9.59 Å². The molecular formula is C19H29N3O2S. The number of hydrogen-bond donors (Lipinski definition) is 1. The molecule has 0 fully saturated rings. The van der Waals surface area contributed by atoms with E-state index in [0.717, 1.165) is 17.0 Å². The summed E-state index contributed by atoms with van der Waals surface area (Å²) in [7, 11) is 1.81. The van der Waals surface area contributed by atoms with E-state index in [1.165, 1.54) is 0 Å². The molecule has 1 aromatic rings. The molecule has 1 atom stereocenters. The maximum Gasteiger partial charge on any atom is 0.241 e. The van der Waals surface area contributed by atoms with Gasteiger partial charge in [-0.1, -0.05) is 19.1 Å². The fraction of sp³-hybridized carbons (Fsp3) is 0.579. The second-order valence-corrected chi connectivity index (χ2v) is 9.18. The molecule has 1 aliphatic rings. The average Bonchev–Trinajstić information content (AvgIpc) is 2.62. The number of carbonyl (C=O) groups excluding carboxylic acids is 2. The van der Waals surface area contributed by atoms with E-state index in [2.05, 4.69) is 18.3 Å². The van der Waals surface area contributed by atoms with E-state index in [9.17, 15) is 9.59 Å². The number of benzene rings is 1. The third-order valence-corrected chi connectivity index (χ3v) is 5.11. The first-order chi connectivity index (χ1) is 11.7. The van der Waals surface area contributed by atoms with Crippen LogP contribution in [0.2, 0.25) is 0 Å². The lowest BCUT2D eigenvalue weighted by molar-refractivity contribution is -0.124. The summed E-state index contributed by atoms with van der Waals surface area (Å²) in [5, 5.41) is 3.41. The fourth-order valence-electron chi connectivity index (χ4n) is 2.82. The molecular weight excluding hydrogens is 334 g/mol. The van der Waals surface area contributed by atoms with Gasteiger partial charge in [0.1, 0.15) is 0 Å². The van der Waals surface area contributed by atoms with Gasteiger partial charge in [-0.05, 0) is 46.4 Å². The topological polar surface area (TPSA) is 52.7 Å². The number of fused-ring (bicyclic) bond motifs is 1. The normalized spacial score (nSPS) is 17.8. The predicted molar refractivity (Wildman–Crippen MR) is 104 cm³/mol. The highest BCUT2D eigenvalue weighted by molar-refractivity contribution is 8.00. The predicted octanol–water partition coefficient (Wildman–Crippen LogP) is 2.75. The van der Waals surface area contributed by atoms with E-state index in [1.54, 1.807) is 11.9 Å². The lowest BCUT2D eigenvalue weighted by atomic mass is 10.1. The SMILES string of the molecule is CC1CCN(C(=O)CN(C)CC(=O)NC(C)(C)C)c2ccccc2S1.